The third kappa shape index (κ3) is 2.45. The number of nitrogens with one attached hydrogen (secondary N) is 1. The van der Waals surface area contributed by atoms with E-state index in [1.165, 1.54) is 0 Å². The molecule has 4 heteroatoms. The Labute approximate surface area is 117 Å². The van der Waals surface area contributed by atoms with Crippen LogP contribution in [-0.2, 0) is 0 Å². The Morgan fingerprint density at radius 2 is 2.05 bits per heavy atom. The van der Waals surface area contributed by atoms with E-state index in [1.54, 1.807) is 12.1 Å². The van der Waals surface area contributed by atoms with Crippen molar-refractivity contribution in [2.45, 2.75) is 19.9 Å². The van der Waals surface area contributed by atoms with Gasteiger partial charge in [-0.1, -0.05) is 12.1 Å². The topological polar surface area (TPSA) is 58.3 Å². The zero-order chi connectivity index (χ0) is 14.1. The van der Waals surface area contributed by atoms with Crippen LogP contribution in [0.5, 0.6) is 5.75 Å². The van der Waals surface area contributed by atoms with Crippen molar-refractivity contribution in [2.75, 3.05) is 5.32 Å². The number of aromatic nitrogens is 1. The number of oxazole rings is 1. The van der Waals surface area contributed by atoms with E-state index in [0.29, 0.717) is 5.89 Å². The molecule has 0 radical (unpaired) electrons. The largest absolute Gasteiger partial charge is 0.508 e. The van der Waals surface area contributed by atoms with Gasteiger partial charge in [-0.25, -0.2) is 4.98 Å². The van der Waals surface area contributed by atoms with Crippen molar-refractivity contribution in [3.63, 3.8) is 0 Å². The molecule has 0 saturated heterocycles. The molecule has 0 saturated carbocycles. The summed E-state index contributed by atoms with van der Waals surface area (Å²) in [6.45, 7) is 3.88. The molecule has 102 valence electrons. The number of nitrogens with zero attached hydrogens (tertiary/aromatic N) is 1. The van der Waals surface area contributed by atoms with Crippen LogP contribution in [0.3, 0.4) is 0 Å². The standard InChI is InChI=1S/C16H16N2O2/c1-10(12-4-3-5-14(19)8-12)17-13-6-7-16-15(9-13)18-11(2)20-16/h3-10,17,19H,1-2H3. The number of phenolic OH excluding ortho intramolecular Hbond substituents is 1. The SMILES string of the molecule is Cc1nc2cc(NC(C)c3cccc(O)c3)ccc2o1. The molecule has 0 spiro atoms. The molecule has 2 aromatic carbocycles. The number of anilines is 1. The number of aromatic hydroxyl groups is 1. The molecule has 1 atom stereocenters. The minimum absolute atomic E-state index is 0.0903. The molecule has 1 aromatic heterocycles. The Morgan fingerprint density at radius 1 is 1.20 bits per heavy atom. The summed E-state index contributed by atoms with van der Waals surface area (Å²) in [6.07, 6.45) is 0. The normalized spacial score (nSPS) is 12.5. The summed E-state index contributed by atoms with van der Waals surface area (Å²) < 4.78 is 5.46. The summed E-state index contributed by atoms with van der Waals surface area (Å²) in [5.41, 5.74) is 3.64. The maximum atomic E-state index is 9.52. The predicted octanol–water partition coefficient (Wildman–Crippen LogP) is 4.01. The fourth-order valence-corrected chi connectivity index (χ4v) is 2.26. The minimum atomic E-state index is 0.0903. The van der Waals surface area contributed by atoms with Crippen LogP contribution in [0, 0.1) is 6.92 Å². The van der Waals surface area contributed by atoms with E-state index >= 15 is 0 Å². The number of fused-ring (bicyclic) bond motifs is 1. The lowest BCUT2D eigenvalue weighted by Gasteiger charge is -2.15. The minimum Gasteiger partial charge on any atom is -0.508 e. The van der Waals surface area contributed by atoms with Gasteiger partial charge in [-0.15, -0.1) is 0 Å². The highest BCUT2D eigenvalue weighted by Gasteiger charge is 2.08. The molecule has 0 aliphatic heterocycles. The van der Waals surface area contributed by atoms with E-state index < -0.39 is 0 Å². The molecule has 2 N–H and O–H groups in total. The lowest BCUT2D eigenvalue weighted by molar-refractivity contribution is 0.474. The second-order valence-corrected chi connectivity index (χ2v) is 4.88. The van der Waals surface area contributed by atoms with Gasteiger partial charge < -0.3 is 14.8 Å². The highest BCUT2D eigenvalue weighted by Crippen LogP contribution is 2.25. The zero-order valence-corrected chi connectivity index (χ0v) is 11.4. The summed E-state index contributed by atoms with van der Waals surface area (Å²) in [4.78, 5) is 4.32. The molecule has 1 heterocycles. The molecular formula is C16H16N2O2. The predicted molar refractivity (Wildman–Crippen MR) is 78.9 cm³/mol. The van der Waals surface area contributed by atoms with Crippen molar-refractivity contribution in [3.05, 3.63) is 53.9 Å². The summed E-state index contributed by atoms with van der Waals surface area (Å²) in [5.74, 6) is 0.942. The third-order valence-electron chi connectivity index (χ3n) is 3.25. The molecule has 20 heavy (non-hydrogen) atoms. The Balaban J connectivity index is 1.85. The summed E-state index contributed by atoms with van der Waals surface area (Å²) in [5, 5.41) is 12.9. The fraction of sp³-hybridized carbons (Fsp3) is 0.188. The molecule has 1 unspecified atom stereocenters. The van der Waals surface area contributed by atoms with E-state index in [-0.39, 0.29) is 11.8 Å². The summed E-state index contributed by atoms with van der Waals surface area (Å²) >= 11 is 0. The number of hydrogen-bond acceptors (Lipinski definition) is 4. The molecule has 0 amide bonds. The van der Waals surface area contributed by atoms with Gasteiger partial charge in [-0.2, -0.15) is 0 Å². The number of aryl methyl sites for hydroxylation is 1. The summed E-state index contributed by atoms with van der Waals surface area (Å²) in [7, 11) is 0. The van der Waals surface area contributed by atoms with Gasteiger partial charge in [0.05, 0.1) is 0 Å². The van der Waals surface area contributed by atoms with E-state index in [4.69, 9.17) is 4.42 Å². The molecule has 3 aromatic rings. The Kier molecular flexibility index (Phi) is 3.06. The van der Waals surface area contributed by atoms with E-state index in [0.717, 1.165) is 22.4 Å². The number of benzene rings is 2. The van der Waals surface area contributed by atoms with Gasteiger partial charge in [0, 0.05) is 18.7 Å². The van der Waals surface area contributed by atoms with Crippen LogP contribution in [0.1, 0.15) is 24.4 Å². The fourth-order valence-electron chi connectivity index (χ4n) is 2.26. The molecule has 4 nitrogen and oxygen atoms in total. The van der Waals surface area contributed by atoms with Gasteiger partial charge in [0.15, 0.2) is 11.5 Å². The van der Waals surface area contributed by atoms with Crippen LogP contribution in [0.25, 0.3) is 11.1 Å². The molecular weight excluding hydrogens is 252 g/mol. The average Bonchev–Trinajstić information content (AvgIpc) is 2.78. The van der Waals surface area contributed by atoms with Crippen molar-refractivity contribution in [2.24, 2.45) is 0 Å². The molecule has 0 fully saturated rings. The molecule has 0 bridgehead atoms. The van der Waals surface area contributed by atoms with Gasteiger partial charge in [-0.3, -0.25) is 0 Å². The highest BCUT2D eigenvalue weighted by atomic mass is 16.3. The van der Waals surface area contributed by atoms with Crippen LogP contribution in [-0.4, -0.2) is 10.1 Å². The van der Waals surface area contributed by atoms with E-state index in [1.807, 2.05) is 44.2 Å². The second-order valence-electron chi connectivity index (χ2n) is 4.88. The lowest BCUT2D eigenvalue weighted by atomic mass is 10.1. The van der Waals surface area contributed by atoms with Crippen molar-refractivity contribution in [1.82, 2.24) is 4.98 Å². The monoisotopic (exact) mass is 268 g/mol. The first-order valence-electron chi connectivity index (χ1n) is 6.54. The molecule has 3 rings (SSSR count). The van der Waals surface area contributed by atoms with Gasteiger partial charge in [0.25, 0.3) is 0 Å². The third-order valence-corrected chi connectivity index (χ3v) is 3.25. The smallest absolute Gasteiger partial charge is 0.192 e. The van der Waals surface area contributed by atoms with Crippen molar-refractivity contribution in [1.29, 1.82) is 0 Å². The van der Waals surface area contributed by atoms with Crippen LogP contribution >= 0.6 is 0 Å². The van der Waals surface area contributed by atoms with E-state index in [9.17, 15) is 5.11 Å². The Hall–Kier alpha value is -2.49. The van der Waals surface area contributed by atoms with Gasteiger partial charge in [-0.05, 0) is 42.8 Å². The first-order chi connectivity index (χ1) is 9.61. The first kappa shape index (κ1) is 12.5. The van der Waals surface area contributed by atoms with Gasteiger partial charge in [0.1, 0.15) is 11.3 Å². The average molecular weight is 268 g/mol. The van der Waals surface area contributed by atoms with Crippen molar-refractivity contribution < 1.29 is 9.52 Å². The first-order valence-corrected chi connectivity index (χ1v) is 6.54. The molecule has 0 aliphatic carbocycles. The van der Waals surface area contributed by atoms with Crippen molar-refractivity contribution in [3.8, 4) is 5.75 Å². The van der Waals surface area contributed by atoms with Gasteiger partial charge in [0.2, 0.25) is 0 Å². The Bertz CT molecular complexity index is 749. The van der Waals surface area contributed by atoms with E-state index in [2.05, 4.69) is 10.3 Å². The maximum absolute atomic E-state index is 9.52. The van der Waals surface area contributed by atoms with Crippen LogP contribution < -0.4 is 5.32 Å². The second kappa shape index (κ2) is 4.89. The van der Waals surface area contributed by atoms with Crippen LogP contribution in [0.15, 0.2) is 46.9 Å². The number of phenols is 1. The summed E-state index contributed by atoms with van der Waals surface area (Å²) in [6, 6.07) is 13.2. The van der Waals surface area contributed by atoms with Crippen LogP contribution in [0.4, 0.5) is 5.69 Å². The highest BCUT2D eigenvalue weighted by molar-refractivity contribution is 5.77. The maximum Gasteiger partial charge on any atom is 0.192 e. The number of hydrogen-bond donors (Lipinski definition) is 2. The molecule has 0 aliphatic rings. The lowest BCUT2D eigenvalue weighted by Crippen LogP contribution is -2.06. The van der Waals surface area contributed by atoms with Crippen molar-refractivity contribution >= 4 is 16.8 Å². The van der Waals surface area contributed by atoms with Gasteiger partial charge >= 0.3 is 0 Å². The quantitative estimate of drug-likeness (QED) is 0.753. The zero-order valence-electron chi connectivity index (χ0n) is 11.4. The van der Waals surface area contributed by atoms with Crippen LogP contribution in [0.2, 0.25) is 0 Å². The Morgan fingerprint density at radius 3 is 2.85 bits per heavy atom. The number of rotatable bonds is 3.